The van der Waals surface area contributed by atoms with Crippen LogP contribution < -0.4 is 9.04 Å². The van der Waals surface area contributed by atoms with Gasteiger partial charge in [-0.2, -0.15) is 0 Å². The third kappa shape index (κ3) is 3.09. The lowest BCUT2D eigenvalue weighted by Gasteiger charge is -2.36. The van der Waals surface area contributed by atoms with E-state index in [0.29, 0.717) is 24.2 Å². The molecular formula is C18H18N2O6S. The summed E-state index contributed by atoms with van der Waals surface area (Å²) in [7, 11) is -3.10. The number of carbonyl (C=O) groups excluding carboxylic acids is 1. The van der Waals surface area contributed by atoms with Crippen molar-refractivity contribution < 1.29 is 28.2 Å². The van der Waals surface area contributed by atoms with E-state index in [9.17, 15) is 19.0 Å². The van der Waals surface area contributed by atoms with Crippen LogP contribution in [0.3, 0.4) is 0 Å². The Morgan fingerprint density at radius 2 is 2.04 bits per heavy atom. The highest BCUT2D eigenvalue weighted by molar-refractivity contribution is 8.25. The lowest BCUT2D eigenvalue weighted by Crippen LogP contribution is -2.22. The molecule has 0 unspecified atom stereocenters. The fraction of sp³-hybridized carbons (Fsp3) is 0.222. The van der Waals surface area contributed by atoms with Crippen molar-refractivity contribution in [2.75, 3.05) is 16.6 Å². The monoisotopic (exact) mass is 390 g/mol. The van der Waals surface area contributed by atoms with Crippen LogP contribution in [0.15, 0.2) is 40.8 Å². The first-order valence-electron chi connectivity index (χ1n) is 8.31. The summed E-state index contributed by atoms with van der Waals surface area (Å²) in [6.07, 6.45) is 0.535. The summed E-state index contributed by atoms with van der Waals surface area (Å²) >= 11 is 0. The van der Waals surface area contributed by atoms with E-state index in [1.165, 1.54) is 11.2 Å². The minimum Gasteiger partial charge on any atom is -0.501 e. The van der Waals surface area contributed by atoms with E-state index in [1.54, 1.807) is 6.07 Å². The molecule has 0 radical (unpaired) electrons. The fourth-order valence-electron chi connectivity index (χ4n) is 3.05. The van der Waals surface area contributed by atoms with Crippen molar-refractivity contribution >= 4 is 33.5 Å². The Hall–Kier alpha value is -2.75. The SMILES string of the molecule is CC(=O)Oc1c(N2CCCS2(O)O)oc(-c2ccc3ccccc3n2)c1O. The first-order chi connectivity index (χ1) is 12.9. The third-order valence-corrected chi connectivity index (χ3v) is 6.15. The minimum atomic E-state index is -3.10. The predicted molar refractivity (Wildman–Crippen MR) is 102 cm³/mol. The largest absolute Gasteiger partial charge is 0.501 e. The molecule has 142 valence electrons. The van der Waals surface area contributed by atoms with E-state index in [1.807, 2.05) is 30.3 Å². The topological polar surface area (TPSA) is 116 Å². The molecule has 1 aliphatic rings. The highest BCUT2D eigenvalue weighted by atomic mass is 32.3. The van der Waals surface area contributed by atoms with Crippen LogP contribution in [0.2, 0.25) is 0 Å². The van der Waals surface area contributed by atoms with Crippen LogP contribution >= 0.6 is 10.8 Å². The minimum absolute atomic E-state index is 0.00546. The van der Waals surface area contributed by atoms with Gasteiger partial charge in [-0.25, -0.2) is 9.29 Å². The number of fused-ring (bicyclic) bond motifs is 1. The Labute approximate surface area is 156 Å². The molecule has 0 atom stereocenters. The second kappa shape index (κ2) is 6.45. The van der Waals surface area contributed by atoms with Crippen LogP contribution in [-0.2, 0) is 4.79 Å². The molecule has 4 rings (SSSR count). The summed E-state index contributed by atoms with van der Waals surface area (Å²) in [6, 6.07) is 11.0. The Kier molecular flexibility index (Phi) is 4.22. The number of pyridine rings is 1. The Morgan fingerprint density at radius 1 is 1.26 bits per heavy atom. The molecule has 0 aliphatic carbocycles. The second-order valence-electron chi connectivity index (χ2n) is 6.19. The van der Waals surface area contributed by atoms with Crippen LogP contribution in [0.5, 0.6) is 11.5 Å². The molecule has 0 saturated carbocycles. The molecule has 1 saturated heterocycles. The molecule has 3 aromatic rings. The molecule has 8 nitrogen and oxygen atoms in total. The van der Waals surface area contributed by atoms with Gasteiger partial charge in [0.25, 0.3) is 5.88 Å². The molecule has 3 heterocycles. The van der Waals surface area contributed by atoms with E-state index >= 15 is 0 Å². The van der Waals surface area contributed by atoms with Crippen LogP contribution in [0.4, 0.5) is 5.88 Å². The van der Waals surface area contributed by atoms with Crippen molar-refractivity contribution in [2.45, 2.75) is 13.3 Å². The van der Waals surface area contributed by atoms with Crippen LogP contribution in [0.1, 0.15) is 13.3 Å². The smallest absolute Gasteiger partial charge is 0.308 e. The van der Waals surface area contributed by atoms with Gasteiger partial charge in [0, 0.05) is 18.9 Å². The molecule has 1 aliphatic heterocycles. The van der Waals surface area contributed by atoms with E-state index in [2.05, 4.69) is 4.98 Å². The van der Waals surface area contributed by atoms with Crippen molar-refractivity contribution in [1.82, 2.24) is 4.98 Å². The highest BCUT2D eigenvalue weighted by Crippen LogP contribution is 2.57. The van der Waals surface area contributed by atoms with Crippen molar-refractivity contribution in [3.63, 3.8) is 0 Å². The van der Waals surface area contributed by atoms with Gasteiger partial charge in [-0.3, -0.25) is 13.9 Å². The van der Waals surface area contributed by atoms with Crippen LogP contribution in [0, 0.1) is 0 Å². The number of aromatic nitrogens is 1. The second-order valence-corrected chi connectivity index (χ2v) is 8.30. The summed E-state index contributed by atoms with van der Waals surface area (Å²) < 4.78 is 32.6. The number of anilines is 1. The quantitative estimate of drug-likeness (QED) is 0.575. The van der Waals surface area contributed by atoms with E-state index in [4.69, 9.17) is 9.15 Å². The number of ether oxygens (including phenoxy) is 1. The predicted octanol–water partition coefficient (Wildman–Crippen LogP) is 4.00. The van der Waals surface area contributed by atoms with Crippen molar-refractivity contribution in [3.8, 4) is 23.0 Å². The Bertz CT molecular complexity index is 1030. The zero-order chi connectivity index (χ0) is 19.2. The maximum absolute atomic E-state index is 11.5. The molecule has 9 heteroatoms. The van der Waals surface area contributed by atoms with Crippen LogP contribution in [0.25, 0.3) is 22.4 Å². The van der Waals surface area contributed by atoms with E-state index in [0.717, 1.165) is 5.39 Å². The average molecular weight is 390 g/mol. The zero-order valence-corrected chi connectivity index (χ0v) is 15.3. The lowest BCUT2D eigenvalue weighted by atomic mass is 10.2. The summed E-state index contributed by atoms with van der Waals surface area (Å²) in [6.45, 7) is 1.49. The molecular weight excluding hydrogens is 372 g/mol. The molecule has 0 spiro atoms. The molecule has 0 bridgehead atoms. The standard InChI is InChI=1S/C18H18N2O6S/c1-11(21)25-17-15(22)16(26-18(17)20-9-4-10-27(20,23)24)14-8-7-12-5-2-3-6-13(12)19-14/h2-3,5-8,22-24H,4,9-10H2,1H3. The number of rotatable bonds is 3. The summed E-state index contributed by atoms with van der Waals surface area (Å²) in [5.41, 5.74) is 1.04. The van der Waals surface area contributed by atoms with Gasteiger partial charge in [-0.1, -0.05) is 24.3 Å². The summed E-state index contributed by atoms with van der Waals surface area (Å²) in [5, 5.41) is 11.5. The molecule has 3 N–H and O–H groups in total. The van der Waals surface area contributed by atoms with Gasteiger partial charge in [0.05, 0.1) is 11.3 Å². The van der Waals surface area contributed by atoms with Crippen molar-refractivity contribution in [1.29, 1.82) is 0 Å². The molecule has 1 fully saturated rings. The van der Waals surface area contributed by atoms with Gasteiger partial charge >= 0.3 is 5.97 Å². The number of hydrogen-bond donors (Lipinski definition) is 3. The lowest BCUT2D eigenvalue weighted by molar-refractivity contribution is -0.132. The van der Waals surface area contributed by atoms with E-state index in [-0.39, 0.29) is 23.1 Å². The van der Waals surface area contributed by atoms with Gasteiger partial charge in [-0.15, -0.1) is 10.8 Å². The van der Waals surface area contributed by atoms with Gasteiger partial charge in [-0.05, 0) is 18.6 Å². The average Bonchev–Trinajstić information content (AvgIpc) is 3.13. The number of carbonyl (C=O) groups is 1. The molecule has 2 aromatic heterocycles. The van der Waals surface area contributed by atoms with Gasteiger partial charge in [0.2, 0.25) is 17.3 Å². The molecule has 0 amide bonds. The molecule has 1 aromatic carbocycles. The summed E-state index contributed by atoms with van der Waals surface area (Å²) in [4.78, 5) is 16.0. The fourth-order valence-corrected chi connectivity index (χ4v) is 4.60. The maximum Gasteiger partial charge on any atom is 0.308 e. The van der Waals surface area contributed by atoms with Crippen molar-refractivity contribution in [3.05, 3.63) is 36.4 Å². The highest BCUT2D eigenvalue weighted by Gasteiger charge is 2.37. The number of para-hydroxylation sites is 1. The maximum atomic E-state index is 11.5. The Morgan fingerprint density at radius 3 is 2.74 bits per heavy atom. The van der Waals surface area contributed by atoms with E-state index < -0.39 is 22.5 Å². The Balaban J connectivity index is 1.86. The first-order valence-corrected chi connectivity index (χ1v) is 9.98. The van der Waals surface area contributed by atoms with Gasteiger partial charge in [0.1, 0.15) is 5.69 Å². The van der Waals surface area contributed by atoms with Crippen LogP contribution in [-0.4, -0.2) is 37.5 Å². The number of hydrogen-bond acceptors (Lipinski definition) is 8. The van der Waals surface area contributed by atoms with Gasteiger partial charge < -0.3 is 14.3 Å². The number of nitrogens with zero attached hydrogens (tertiary/aromatic N) is 2. The third-order valence-electron chi connectivity index (χ3n) is 4.26. The number of aromatic hydroxyl groups is 1. The summed E-state index contributed by atoms with van der Waals surface area (Å²) in [5.74, 6) is -1.24. The number of benzene rings is 1. The molecule has 27 heavy (non-hydrogen) atoms. The number of esters is 1. The first kappa shape index (κ1) is 17.7. The van der Waals surface area contributed by atoms with Gasteiger partial charge in [0.15, 0.2) is 0 Å². The zero-order valence-electron chi connectivity index (χ0n) is 14.5. The number of furan rings is 1. The normalized spacial score (nSPS) is 17.2. The van der Waals surface area contributed by atoms with Crippen molar-refractivity contribution in [2.24, 2.45) is 0 Å².